The van der Waals surface area contributed by atoms with E-state index in [1.54, 1.807) is 20.8 Å². The number of carbonyl (C=O) groups excluding carboxylic acids is 3. The number of nitrogens with two attached hydrogens (primary N) is 1. The highest BCUT2D eigenvalue weighted by atomic mass is 16.5. The van der Waals surface area contributed by atoms with E-state index in [2.05, 4.69) is 5.32 Å². The van der Waals surface area contributed by atoms with Crippen LogP contribution < -0.4 is 11.1 Å². The van der Waals surface area contributed by atoms with Crippen molar-refractivity contribution in [2.75, 3.05) is 6.61 Å². The minimum atomic E-state index is -0.697. The number of primary amides is 1. The van der Waals surface area contributed by atoms with Gasteiger partial charge in [-0.3, -0.25) is 14.4 Å². The van der Waals surface area contributed by atoms with Crippen molar-refractivity contribution in [3.63, 3.8) is 0 Å². The highest BCUT2D eigenvalue weighted by molar-refractivity contribution is 5.82. The minimum Gasteiger partial charge on any atom is -0.466 e. The summed E-state index contributed by atoms with van der Waals surface area (Å²) in [5.41, 5.74) is 4.35. The Morgan fingerprint density at radius 3 is 2.29 bits per heavy atom. The van der Waals surface area contributed by atoms with Gasteiger partial charge in [0.1, 0.15) is 0 Å². The molecular weight excluding hydrogens is 224 g/mol. The molecule has 0 saturated heterocycles. The molecule has 17 heavy (non-hydrogen) atoms. The van der Waals surface area contributed by atoms with Crippen LogP contribution in [-0.4, -0.2) is 29.9 Å². The maximum absolute atomic E-state index is 11.5. The van der Waals surface area contributed by atoms with Crippen molar-refractivity contribution in [3.05, 3.63) is 0 Å². The van der Waals surface area contributed by atoms with Gasteiger partial charge in [-0.15, -0.1) is 0 Å². The van der Waals surface area contributed by atoms with Gasteiger partial charge in [0.2, 0.25) is 11.8 Å². The average molecular weight is 244 g/mol. The van der Waals surface area contributed by atoms with Gasteiger partial charge in [0.05, 0.1) is 13.0 Å². The lowest BCUT2D eigenvalue weighted by Crippen LogP contribution is -2.46. The number of amides is 2. The Kier molecular flexibility index (Phi) is 6.23. The maximum atomic E-state index is 11.5. The highest BCUT2D eigenvalue weighted by Crippen LogP contribution is 2.08. The van der Waals surface area contributed by atoms with Gasteiger partial charge in [-0.1, -0.05) is 0 Å². The van der Waals surface area contributed by atoms with Crippen LogP contribution in [0.25, 0.3) is 0 Å². The van der Waals surface area contributed by atoms with E-state index in [0.717, 1.165) is 0 Å². The Bertz CT molecular complexity index is 300. The fourth-order valence-electron chi connectivity index (χ4n) is 1.37. The number of carbonyl (C=O) groups is 3. The first-order chi connectivity index (χ1) is 7.76. The summed E-state index contributed by atoms with van der Waals surface area (Å²) in [6.45, 7) is 5.39. The number of rotatable bonds is 7. The molecule has 98 valence electrons. The second-order valence-electron chi connectivity index (χ2n) is 4.38. The second-order valence-corrected chi connectivity index (χ2v) is 4.38. The fourth-order valence-corrected chi connectivity index (χ4v) is 1.37. The van der Waals surface area contributed by atoms with Crippen LogP contribution in [0.1, 0.15) is 40.0 Å². The van der Waals surface area contributed by atoms with Crippen LogP contribution in [0.15, 0.2) is 0 Å². The fraction of sp³-hybridized carbons (Fsp3) is 0.727. The molecule has 3 N–H and O–H groups in total. The predicted octanol–water partition coefficient (Wildman–Crippen LogP) is 0.0999. The lowest BCUT2D eigenvalue weighted by molar-refractivity contribution is -0.144. The molecule has 0 heterocycles. The molecule has 0 aliphatic heterocycles. The molecule has 0 bridgehead atoms. The summed E-state index contributed by atoms with van der Waals surface area (Å²) in [5, 5.41) is 2.64. The zero-order chi connectivity index (χ0) is 13.5. The lowest BCUT2D eigenvalue weighted by atomic mass is 10.00. The van der Waals surface area contributed by atoms with E-state index in [1.807, 2.05) is 0 Å². The predicted molar refractivity (Wildman–Crippen MR) is 61.9 cm³/mol. The molecule has 0 aliphatic rings. The monoisotopic (exact) mass is 244 g/mol. The maximum Gasteiger partial charge on any atom is 0.306 e. The minimum absolute atomic E-state index is 0.0341. The van der Waals surface area contributed by atoms with Crippen molar-refractivity contribution < 1.29 is 19.1 Å². The molecule has 0 atom stereocenters. The van der Waals surface area contributed by atoms with E-state index < -0.39 is 17.4 Å². The summed E-state index contributed by atoms with van der Waals surface area (Å²) >= 11 is 0. The largest absolute Gasteiger partial charge is 0.466 e. The van der Waals surface area contributed by atoms with Gasteiger partial charge < -0.3 is 15.8 Å². The van der Waals surface area contributed by atoms with Gasteiger partial charge in [0.25, 0.3) is 0 Å². The molecule has 0 aromatic rings. The van der Waals surface area contributed by atoms with E-state index in [4.69, 9.17) is 10.5 Å². The first-order valence-electron chi connectivity index (χ1n) is 5.52. The van der Waals surface area contributed by atoms with Gasteiger partial charge in [-0.25, -0.2) is 0 Å². The average Bonchev–Trinajstić information content (AvgIpc) is 2.12. The van der Waals surface area contributed by atoms with Crippen molar-refractivity contribution in [1.82, 2.24) is 5.32 Å². The lowest BCUT2D eigenvalue weighted by Gasteiger charge is -2.24. The third-order valence-corrected chi connectivity index (χ3v) is 1.96. The normalized spacial score (nSPS) is 10.8. The Morgan fingerprint density at radius 2 is 1.82 bits per heavy atom. The topological polar surface area (TPSA) is 98.5 Å². The smallest absolute Gasteiger partial charge is 0.306 e. The molecule has 0 spiro atoms. The molecule has 0 unspecified atom stereocenters. The molecule has 0 aromatic heterocycles. The van der Waals surface area contributed by atoms with Gasteiger partial charge in [-0.2, -0.15) is 0 Å². The Balaban J connectivity index is 4.01. The molecule has 6 heteroatoms. The van der Waals surface area contributed by atoms with E-state index in [0.29, 0.717) is 6.61 Å². The first-order valence-corrected chi connectivity index (χ1v) is 5.52. The summed E-state index contributed by atoms with van der Waals surface area (Å²) in [6.07, 6.45) is 0.130. The van der Waals surface area contributed by atoms with E-state index in [-0.39, 0.29) is 25.2 Å². The van der Waals surface area contributed by atoms with Crippen LogP contribution in [0, 0.1) is 0 Å². The van der Waals surface area contributed by atoms with Crippen molar-refractivity contribution in [2.45, 2.75) is 45.6 Å². The zero-order valence-corrected chi connectivity index (χ0v) is 10.5. The van der Waals surface area contributed by atoms with Crippen molar-refractivity contribution in [2.24, 2.45) is 5.73 Å². The van der Waals surface area contributed by atoms with Crippen LogP contribution >= 0.6 is 0 Å². The molecule has 0 aromatic carbocycles. The zero-order valence-electron chi connectivity index (χ0n) is 10.5. The Morgan fingerprint density at radius 1 is 1.24 bits per heavy atom. The molecular formula is C11H20N2O4. The summed E-state index contributed by atoms with van der Waals surface area (Å²) in [7, 11) is 0. The van der Waals surface area contributed by atoms with Gasteiger partial charge >= 0.3 is 5.97 Å². The van der Waals surface area contributed by atoms with Crippen LogP contribution in [0.4, 0.5) is 0 Å². The number of nitrogens with one attached hydrogen (secondary N) is 1. The molecule has 2 amide bonds. The Hall–Kier alpha value is -1.59. The van der Waals surface area contributed by atoms with Crippen molar-refractivity contribution in [1.29, 1.82) is 0 Å². The molecule has 6 nitrogen and oxygen atoms in total. The summed E-state index contributed by atoms with van der Waals surface area (Å²) in [6, 6.07) is 0. The molecule has 0 aliphatic carbocycles. The summed E-state index contributed by atoms with van der Waals surface area (Å²) in [4.78, 5) is 33.2. The number of ether oxygens (including phenoxy) is 1. The van der Waals surface area contributed by atoms with Crippen LogP contribution in [0.3, 0.4) is 0 Å². The Labute approximate surface area is 101 Å². The molecule has 0 rings (SSSR count). The quantitative estimate of drug-likeness (QED) is 0.620. The van der Waals surface area contributed by atoms with Crippen LogP contribution in [-0.2, 0) is 19.1 Å². The first kappa shape index (κ1) is 15.4. The molecule has 0 saturated carbocycles. The number of hydrogen-bond donors (Lipinski definition) is 2. The van der Waals surface area contributed by atoms with Gasteiger partial charge in [0.15, 0.2) is 0 Å². The summed E-state index contributed by atoms with van der Waals surface area (Å²) in [5.74, 6) is -1.19. The third-order valence-electron chi connectivity index (χ3n) is 1.96. The highest BCUT2D eigenvalue weighted by Gasteiger charge is 2.22. The second kappa shape index (κ2) is 6.88. The third kappa shape index (κ3) is 8.24. The molecule has 0 radical (unpaired) electrons. The number of esters is 1. The SMILES string of the molecule is CCOC(=O)CCC(=O)NC(C)(C)CC(N)=O. The summed E-state index contributed by atoms with van der Waals surface area (Å²) < 4.78 is 4.69. The van der Waals surface area contributed by atoms with E-state index in [1.165, 1.54) is 0 Å². The van der Waals surface area contributed by atoms with Crippen molar-refractivity contribution >= 4 is 17.8 Å². The van der Waals surface area contributed by atoms with E-state index in [9.17, 15) is 14.4 Å². The standard InChI is InChI=1S/C11H20N2O4/c1-4-17-10(16)6-5-9(15)13-11(2,3)7-8(12)14/h4-7H2,1-3H3,(H2,12,14)(H,13,15). The van der Waals surface area contributed by atoms with Crippen LogP contribution in [0.2, 0.25) is 0 Å². The molecule has 0 fully saturated rings. The van der Waals surface area contributed by atoms with Gasteiger partial charge in [0, 0.05) is 18.4 Å². The van der Waals surface area contributed by atoms with Gasteiger partial charge in [-0.05, 0) is 20.8 Å². The van der Waals surface area contributed by atoms with E-state index >= 15 is 0 Å². The van der Waals surface area contributed by atoms with Crippen LogP contribution in [0.5, 0.6) is 0 Å². The van der Waals surface area contributed by atoms with Crippen molar-refractivity contribution in [3.8, 4) is 0 Å². The number of hydrogen-bond acceptors (Lipinski definition) is 4.